The van der Waals surface area contributed by atoms with Crippen molar-refractivity contribution in [1.29, 1.82) is 0 Å². The molecule has 2 rings (SSSR count). The second kappa shape index (κ2) is 5.11. The number of rotatable bonds is 2. The Morgan fingerprint density at radius 3 is 2.67 bits per heavy atom. The number of hydrogen-bond donors (Lipinski definition) is 0. The molecule has 1 atom stereocenters. The second-order valence-electron chi connectivity index (χ2n) is 4.45. The minimum absolute atomic E-state index is 0.287. The smallest absolute Gasteiger partial charge is 0.136 e. The van der Waals surface area contributed by atoms with Gasteiger partial charge in [0.25, 0.3) is 0 Å². The second-order valence-corrected chi connectivity index (χ2v) is 4.45. The normalized spacial score (nSPS) is 22.4. The Kier molecular flexibility index (Phi) is 3.54. The average Bonchev–Trinajstić information content (AvgIpc) is 2.46. The van der Waals surface area contributed by atoms with Gasteiger partial charge in [0, 0.05) is 12.3 Å². The maximum atomic E-state index is 11.8. The van der Waals surface area contributed by atoms with Crippen molar-refractivity contribution in [2.45, 2.75) is 38.5 Å². The summed E-state index contributed by atoms with van der Waals surface area (Å²) in [6.07, 6.45) is 6.40. The molecular weight excluding hydrogens is 184 g/mol. The van der Waals surface area contributed by atoms with Gasteiger partial charge in [-0.25, -0.2) is 0 Å². The fourth-order valence-corrected chi connectivity index (χ4v) is 2.35. The minimum Gasteiger partial charge on any atom is -0.299 e. The Morgan fingerprint density at radius 1 is 1.07 bits per heavy atom. The van der Waals surface area contributed by atoms with Crippen molar-refractivity contribution in [3.63, 3.8) is 0 Å². The van der Waals surface area contributed by atoms with Crippen LogP contribution in [0.5, 0.6) is 0 Å². The summed E-state index contributed by atoms with van der Waals surface area (Å²) in [4.78, 5) is 11.8. The SMILES string of the molecule is O=C1CCCCCC1Cc1ccccc1. The molecule has 0 aliphatic heterocycles. The van der Waals surface area contributed by atoms with Crippen molar-refractivity contribution in [3.05, 3.63) is 35.9 Å². The summed E-state index contributed by atoms with van der Waals surface area (Å²) in [5.74, 6) is 0.770. The van der Waals surface area contributed by atoms with E-state index >= 15 is 0 Å². The number of benzene rings is 1. The highest BCUT2D eigenvalue weighted by Gasteiger charge is 2.20. The Labute approximate surface area is 91.5 Å². The number of Topliss-reactive ketones (excluding diaryl/α,β-unsaturated/α-hetero) is 1. The van der Waals surface area contributed by atoms with Crippen molar-refractivity contribution in [3.8, 4) is 0 Å². The summed E-state index contributed by atoms with van der Waals surface area (Å²) in [6, 6.07) is 10.4. The van der Waals surface area contributed by atoms with E-state index in [-0.39, 0.29) is 5.92 Å². The van der Waals surface area contributed by atoms with Gasteiger partial charge in [0.2, 0.25) is 0 Å². The fraction of sp³-hybridized carbons (Fsp3) is 0.500. The predicted octanol–water partition coefficient (Wildman–Crippen LogP) is 3.38. The summed E-state index contributed by atoms with van der Waals surface area (Å²) in [6.45, 7) is 0. The lowest BCUT2D eigenvalue weighted by Crippen LogP contribution is -2.15. The molecule has 0 spiro atoms. The van der Waals surface area contributed by atoms with Gasteiger partial charge in [0.05, 0.1) is 0 Å². The van der Waals surface area contributed by atoms with Crippen LogP contribution in [0.25, 0.3) is 0 Å². The van der Waals surface area contributed by atoms with Gasteiger partial charge in [-0.15, -0.1) is 0 Å². The number of carbonyl (C=O) groups excluding carboxylic acids is 1. The lowest BCUT2D eigenvalue weighted by atomic mass is 9.91. The minimum atomic E-state index is 0.287. The van der Waals surface area contributed by atoms with Gasteiger partial charge >= 0.3 is 0 Å². The summed E-state index contributed by atoms with van der Waals surface area (Å²) < 4.78 is 0. The molecule has 0 N–H and O–H groups in total. The first kappa shape index (κ1) is 10.4. The maximum Gasteiger partial charge on any atom is 0.136 e. The molecule has 0 radical (unpaired) electrons. The van der Waals surface area contributed by atoms with Gasteiger partial charge in [-0.3, -0.25) is 4.79 Å². The molecule has 1 aromatic rings. The summed E-state index contributed by atoms with van der Waals surface area (Å²) >= 11 is 0. The van der Waals surface area contributed by atoms with E-state index in [4.69, 9.17) is 0 Å². The number of ketones is 1. The Bertz CT molecular complexity index is 315. The van der Waals surface area contributed by atoms with E-state index in [0.29, 0.717) is 5.78 Å². The fourth-order valence-electron chi connectivity index (χ4n) is 2.35. The van der Waals surface area contributed by atoms with Gasteiger partial charge in [-0.2, -0.15) is 0 Å². The van der Waals surface area contributed by atoms with E-state index < -0.39 is 0 Å². The van der Waals surface area contributed by atoms with Gasteiger partial charge < -0.3 is 0 Å². The average molecular weight is 202 g/mol. The molecule has 0 amide bonds. The molecule has 1 nitrogen and oxygen atoms in total. The molecule has 80 valence electrons. The van der Waals surface area contributed by atoms with Crippen molar-refractivity contribution in [2.24, 2.45) is 5.92 Å². The van der Waals surface area contributed by atoms with Crippen molar-refractivity contribution in [2.75, 3.05) is 0 Å². The molecule has 1 fully saturated rings. The third-order valence-electron chi connectivity index (χ3n) is 3.26. The first-order valence-corrected chi connectivity index (χ1v) is 5.93. The van der Waals surface area contributed by atoms with Crippen LogP contribution in [0.1, 0.15) is 37.7 Å². The van der Waals surface area contributed by atoms with E-state index in [2.05, 4.69) is 24.3 Å². The highest BCUT2D eigenvalue weighted by atomic mass is 16.1. The summed E-state index contributed by atoms with van der Waals surface area (Å²) in [7, 11) is 0. The zero-order chi connectivity index (χ0) is 10.5. The quantitative estimate of drug-likeness (QED) is 0.672. The zero-order valence-electron chi connectivity index (χ0n) is 9.11. The van der Waals surface area contributed by atoms with Gasteiger partial charge in [-0.1, -0.05) is 43.2 Å². The molecule has 1 unspecified atom stereocenters. The maximum absolute atomic E-state index is 11.8. The van der Waals surface area contributed by atoms with Gasteiger partial charge in [0.1, 0.15) is 5.78 Å². The van der Waals surface area contributed by atoms with E-state index in [0.717, 1.165) is 25.7 Å². The molecule has 1 aliphatic rings. The summed E-state index contributed by atoms with van der Waals surface area (Å²) in [5, 5.41) is 0. The Morgan fingerprint density at radius 2 is 1.87 bits per heavy atom. The highest BCUT2D eigenvalue weighted by molar-refractivity contribution is 5.81. The molecule has 1 heteroatoms. The van der Waals surface area contributed by atoms with E-state index in [9.17, 15) is 4.79 Å². The van der Waals surface area contributed by atoms with E-state index in [1.807, 2.05) is 6.07 Å². The molecule has 1 aliphatic carbocycles. The molecule has 0 heterocycles. The summed E-state index contributed by atoms with van der Waals surface area (Å²) in [5.41, 5.74) is 1.30. The van der Waals surface area contributed by atoms with Crippen molar-refractivity contribution in [1.82, 2.24) is 0 Å². The highest BCUT2D eigenvalue weighted by Crippen LogP contribution is 2.23. The molecule has 0 bridgehead atoms. The van der Waals surface area contributed by atoms with Crippen LogP contribution < -0.4 is 0 Å². The molecule has 0 saturated heterocycles. The third kappa shape index (κ3) is 2.92. The zero-order valence-corrected chi connectivity index (χ0v) is 9.11. The lowest BCUT2D eigenvalue weighted by molar-refractivity contribution is -0.122. The van der Waals surface area contributed by atoms with Crippen LogP contribution in [0.15, 0.2) is 30.3 Å². The standard InChI is InChI=1S/C14H18O/c15-14-10-6-2-5-9-13(14)11-12-7-3-1-4-8-12/h1,3-4,7-8,13H,2,5-6,9-11H2. The van der Waals surface area contributed by atoms with Crippen LogP contribution in [-0.4, -0.2) is 5.78 Å². The molecule has 1 saturated carbocycles. The van der Waals surface area contributed by atoms with Crippen LogP contribution in [0.4, 0.5) is 0 Å². The topological polar surface area (TPSA) is 17.1 Å². The molecular formula is C14H18O. The first-order chi connectivity index (χ1) is 7.36. The van der Waals surface area contributed by atoms with Crippen molar-refractivity contribution >= 4 is 5.78 Å². The van der Waals surface area contributed by atoms with Crippen LogP contribution in [-0.2, 0) is 11.2 Å². The largest absolute Gasteiger partial charge is 0.299 e. The molecule has 15 heavy (non-hydrogen) atoms. The Balaban J connectivity index is 2.01. The van der Waals surface area contributed by atoms with Crippen LogP contribution in [0.2, 0.25) is 0 Å². The predicted molar refractivity (Wildman–Crippen MR) is 61.7 cm³/mol. The monoisotopic (exact) mass is 202 g/mol. The third-order valence-corrected chi connectivity index (χ3v) is 3.26. The Hall–Kier alpha value is -1.11. The van der Waals surface area contributed by atoms with Gasteiger partial charge in [-0.05, 0) is 24.8 Å². The van der Waals surface area contributed by atoms with E-state index in [1.54, 1.807) is 0 Å². The number of hydrogen-bond acceptors (Lipinski definition) is 1. The molecule has 0 aromatic heterocycles. The van der Waals surface area contributed by atoms with Gasteiger partial charge in [0.15, 0.2) is 0 Å². The lowest BCUT2D eigenvalue weighted by Gasteiger charge is -2.12. The van der Waals surface area contributed by atoms with Crippen LogP contribution in [0, 0.1) is 5.92 Å². The van der Waals surface area contributed by atoms with Crippen LogP contribution in [0.3, 0.4) is 0 Å². The van der Waals surface area contributed by atoms with Crippen molar-refractivity contribution < 1.29 is 4.79 Å². The van der Waals surface area contributed by atoms with Crippen LogP contribution >= 0.6 is 0 Å². The van der Waals surface area contributed by atoms with E-state index in [1.165, 1.54) is 18.4 Å². The molecule has 1 aromatic carbocycles. The first-order valence-electron chi connectivity index (χ1n) is 5.93. The number of carbonyl (C=O) groups is 1.